The van der Waals surface area contributed by atoms with Crippen molar-refractivity contribution >= 4 is 56.6 Å². The largest absolute Gasteiger partial charge is 0.274 e. The first-order chi connectivity index (χ1) is 15.2. The maximum absolute atomic E-state index is 14.0. The van der Waals surface area contributed by atoms with Crippen LogP contribution < -0.4 is 4.90 Å². The molecule has 0 radical (unpaired) electrons. The first kappa shape index (κ1) is 20.5. The van der Waals surface area contributed by atoms with Gasteiger partial charge in [-0.05, 0) is 59.4 Å². The number of benzene rings is 3. The molecule has 4 aliphatic rings. The number of halogens is 3. The lowest BCUT2D eigenvalue weighted by molar-refractivity contribution is -0.122. The van der Waals surface area contributed by atoms with Gasteiger partial charge in [-0.15, -0.1) is 23.2 Å². The molecule has 1 heterocycles. The minimum absolute atomic E-state index is 0.301. The number of aryl methyl sites for hydroxylation is 2. The zero-order valence-electron chi connectivity index (χ0n) is 17.3. The Balaban J connectivity index is 1.64. The summed E-state index contributed by atoms with van der Waals surface area (Å²) >= 11 is 18.5. The molecule has 2 atom stereocenters. The van der Waals surface area contributed by atoms with Crippen LogP contribution in [0, 0.1) is 25.7 Å². The van der Waals surface area contributed by atoms with Crippen molar-refractivity contribution < 1.29 is 9.59 Å². The van der Waals surface area contributed by atoms with Crippen molar-refractivity contribution in [3.8, 4) is 0 Å². The van der Waals surface area contributed by atoms with Gasteiger partial charge in [-0.1, -0.05) is 64.5 Å². The number of anilines is 1. The molecule has 0 spiro atoms. The van der Waals surface area contributed by atoms with Crippen molar-refractivity contribution in [2.75, 3.05) is 4.90 Å². The molecule has 2 amide bonds. The molecule has 1 aliphatic heterocycles. The second-order valence-electron chi connectivity index (χ2n) is 8.88. The SMILES string of the molecule is Cc1cc(N2C(=O)[C@H]3[C@H](C2=O)C2(Cl)c4ccccc4C3(Cl)c3ccccc32)cc(C)c1Br. The first-order valence-electron chi connectivity index (χ1n) is 10.4. The van der Waals surface area contributed by atoms with Crippen LogP contribution in [0.25, 0.3) is 0 Å². The highest BCUT2D eigenvalue weighted by Gasteiger charge is 2.73. The number of hydrogen-bond acceptors (Lipinski definition) is 2. The smallest absolute Gasteiger partial charge is 0.240 e. The van der Waals surface area contributed by atoms with Crippen LogP contribution in [0.2, 0.25) is 0 Å². The highest BCUT2D eigenvalue weighted by Crippen LogP contribution is 2.69. The van der Waals surface area contributed by atoms with Crippen molar-refractivity contribution in [1.82, 2.24) is 0 Å². The summed E-state index contributed by atoms with van der Waals surface area (Å²) < 4.78 is 0.959. The van der Waals surface area contributed by atoms with Crippen LogP contribution >= 0.6 is 39.1 Å². The number of imide groups is 1. The number of carbonyl (C=O) groups excluding carboxylic acids is 2. The fourth-order valence-electron chi connectivity index (χ4n) is 5.97. The van der Waals surface area contributed by atoms with Crippen LogP contribution in [0.3, 0.4) is 0 Å². The second-order valence-corrected chi connectivity index (χ2v) is 10.9. The number of alkyl halides is 2. The third-order valence-electron chi connectivity index (χ3n) is 7.26. The summed E-state index contributed by atoms with van der Waals surface area (Å²) in [7, 11) is 0. The van der Waals surface area contributed by atoms with Gasteiger partial charge < -0.3 is 0 Å². The van der Waals surface area contributed by atoms with E-state index in [0.29, 0.717) is 5.69 Å². The van der Waals surface area contributed by atoms with Gasteiger partial charge in [0.25, 0.3) is 0 Å². The highest BCUT2D eigenvalue weighted by atomic mass is 79.9. The Bertz CT molecular complexity index is 1220. The Morgan fingerprint density at radius 2 is 1.09 bits per heavy atom. The molecule has 3 nitrogen and oxygen atoms in total. The zero-order chi connectivity index (χ0) is 22.6. The van der Waals surface area contributed by atoms with Crippen molar-refractivity contribution in [3.63, 3.8) is 0 Å². The van der Waals surface area contributed by atoms with E-state index in [2.05, 4.69) is 15.9 Å². The van der Waals surface area contributed by atoms with E-state index in [1.165, 1.54) is 4.90 Å². The third kappa shape index (κ3) is 2.19. The number of amides is 2. The quantitative estimate of drug-likeness (QED) is 0.281. The molecule has 3 aliphatic carbocycles. The molecular formula is C26H18BrCl2NO2. The van der Waals surface area contributed by atoms with Gasteiger partial charge >= 0.3 is 0 Å². The Hall–Kier alpha value is -2.14. The lowest BCUT2D eigenvalue weighted by Crippen LogP contribution is -2.57. The molecule has 0 unspecified atom stereocenters. The van der Waals surface area contributed by atoms with Crippen molar-refractivity contribution in [1.29, 1.82) is 0 Å². The Labute approximate surface area is 204 Å². The number of hydrogen-bond donors (Lipinski definition) is 0. The Kier molecular flexibility index (Phi) is 4.14. The van der Waals surface area contributed by atoms with Gasteiger partial charge in [0.05, 0.1) is 17.5 Å². The summed E-state index contributed by atoms with van der Waals surface area (Å²) in [5.74, 6) is -2.18. The van der Waals surface area contributed by atoms with Crippen LogP contribution in [0.4, 0.5) is 5.69 Å². The highest BCUT2D eigenvalue weighted by molar-refractivity contribution is 9.10. The normalized spacial score (nSPS) is 29.7. The lowest BCUT2D eigenvalue weighted by Gasteiger charge is -2.54. The van der Waals surface area contributed by atoms with Gasteiger partial charge in [0.15, 0.2) is 0 Å². The lowest BCUT2D eigenvalue weighted by atomic mass is 9.54. The molecule has 0 N–H and O–H groups in total. The van der Waals surface area contributed by atoms with Gasteiger partial charge in [0, 0.05) is 4.47 Å². The molecule has 1 saturated heterocycles. The predicted octanol–water partition coefficient (Wildman–Crippen LogP) is 6.16. The molecule has 160 valence electrons. The van der Waals surface area contributed by atoms with E-state index in [0.717, 1.165) is 37.9 Å². The van der Waals surface area contributed by atoms with Crippen molar-refractivity contribution in [3.05, 3.63) is 98.5 Å². The average Bonchev–Trinajstić information content (AvgIpc) is 3.06. The summed E-state index contributed by atoms with van der Waals surface area (Å²) in [5, 5.41) is 0. The summed E-state index contributed by atoms with van der Waals surface area (Å²) in [6.07, 6.45) is 0. The van der Waals surface area contributed by atoms with E-state index >= 15 is 0 Å². The van der Waals surface area contributed by atoms with Crippen LogP contribution in [-0.2, 0) is 19.3 Å². The molecule has 3 aromatic rings. The molecule has 2 bridgehead atoms. The first-order valence-corrected chi connectivity index (χ1v) is 12.0. The monoisotopic (exact) mass is 525 g/mol. The maximum Gasteiger partial charge on any atom is 0.240 e. The molecule has 7 rings (SSSR count). The molecular weight excluding hydrogens is 509 g/mol. The fraction of sp³-hybridized carbons (Fsp3) is 0.231. The average molecular weight is 527 g/mol. The predicted molar refractivity (Wildman–Crippen MR) is 129 cm³/mol. The molecule has 1 fully saturated rings. The molecule has 32 heavy (non-hydrogen) atoms. The van der Waals surface area contributed by atoms with E-state index in [1.54, 1.807) is 0 Å². The fourth-order valence-corrected chi connectivity index (χ4v) is 7.30. The third-order valence-corrected chi connectivity index (χ3v) is 9.80. The van der Waals surface area contributed by atoms with E-state index in [4.69, 9.17) is 23.2 Å². The van der Waals surface area contributed by atoms with E-state index in [9.17, 15) is 9.59 Å². The minimum atomic E-state index is -1.16. The zero-order valence-corrected chi connectivity index (χ0v) is 20.4. The number of nitrogens with zero attached hydrogens (tertiary/aromatic N) is 1. The topological polar surface area (TPSA) is 37.4 Å². The van der Waals surface area contributed by atoms with Crippen molar-refractivity contribution in [2.24, 2.45) is 11.8 Å². The second kappa shape index (κ2) is 6.47. The summed E-state index contributed by atoms with van der Waals surface area (Å²) in [6, 6.07) is 19.1. The van der Waals surface area contributed by atoms with Gasteiger partial charge in [-0.25, -0.2) is 4.90 Å². The maximum atomic E-state index is 14.0. The Morgan fingerprint density at radius 3 is 1.44 bits per heavy atom. The molecule has 6 heteroatoms. The van der Waals surface area contributed by atoms with Crippen molar-refractivity contribution in [2.45, 2.75) is 23.6 Å². The summed E-state index contributed by atoms with van der Waals surface area (Å²) in [6.45, 7) is 3.89. The van der Waals surface area contributed by atoms with Gasteiger partial charge in [0.1, 0.15) is 9.75 Å². The van der Waals surface area contributed by atoms with Crippen LogP contribution in [0.5, 0.6) is 0 Å². The Morgan fingerprint density at radius 1 is 0.750 bits per heavy atom. The van der Waals surface area contributed by atoms with Gasteiger partial charge in [0.2, 0.25) is 11.8 Å². The standard InChI is InChI=1S/C26H18BrCl2NO2/c1-13-11-15(12-14(2)22(13)27)30-23(31)20-21(24(30)32)26(29)17-8-4-3-7-16(17)25(20,28)18-9-5-6-10-19(18)26/h3-12,20-21H,1-2H3/t20-,21-,25?,26?/m1/s1. The molecule has 0 aromatic heterocycles. The van der Waals surface area contributed by atoms with Gasteiger partial charge in [-0.3, -0.25) is 9.59 Å². The molecule has 0 saturated carbocycles. The van der Waals surface area contributed by atoms with E-state index in [1.807, 2.05) is 74.5 Å². The van der Waals surface area contributed by atoms with Gasteiger partial charge in [-0.2, -0.15) is 0 Å². The van der Waals surface area contributed by atoms with Crippen LogP contribution in [-0.4, -0.2) is 11.8 Å². The minimum Gasteiger partial charge on any atom is -0.274 e. The summed E-state index contributed by atoms with van der Waals surface area (Å²) in [5.41, 5.74) is 5.69. The molecule has 3 aromatic carbocycles. The summed E-state index contributed by atoms with van der Waals surface area (Å²) in [4.78, 5) is 26.9. The van der Waals surface area contributed by atoms with Crippen LogP contribution in [0.15, 0.2) is 65.1 Å². The van der Waals surface area contributed by atoms with E-state index < -0.39 is 21.6 Å². The number of rotatable bonds is 1. The number of carbonyl (C=O) groups is 2. The van der Waals surface area contributed by atoms with E-state index in [-0.39, 0.29) is 11.8 Å². The van der Waals surface area contributed by atoms with Crippen LogP contribution in [0.1, 0.15) is 33.4 Å².